The molecule has 0 radical (unpaired) electrons. The molecule has 1 fully saturated rings. The van der Waals surface area contributed by atoms with Crippen LogP contribution in [0.1, 0.15) is 5.76 Å². The van der Waals surface area contributed by atoms with Crippen LogP contribution < -0.4 is 15.7 Å². The van der Waals surface area contributed by atoms with Gasteiger partial charge in [-0.05, 0) is 12.1 Å². The van der Waals surface area contributed by atoms with Gasteiger partial charge in [-0.15, -0.1) is 0 Å². The third-order valence-corrected chi connectivity index (χ3v) is 2.37. The first kappa shape index (κ1) is 13.5. The summed E-state index contributed by atoms with van der Waals surface area (Å²) < 4.78 is 18.9. The molecule has 1 aromatic heterocycles. The molecular weight excluding hydrogens is 277 g/mol. The average Bonchev–Trinajstić information content (AvgIpc) is 2.87. The Hall–Kier alpha value is -2.91. The number of oxime groups is 1. The summed E-state index contributed by atoms with van der Waals surface area (Å²) in [6, 6.07) is 1.90. The van der Waals surface area contributed by atoms with E-state index in [-0.39, 0.29) is 5.76 Å². The standard InChI is InChI=1S/C10H8FN3O6/c11-10(8(16)17)6(15)13-9(18)14-7(10)20-12-4-5-2-1-3-19-5/h1-4,7H,(H,16,17)(H2,13,14,15,18)/p-1/b12-4+. The fourth-order valence-electron chi connectivity index (χ4n) is 1.37. The average molecular weight is 284 g/mol. The summed E-state index contributed by atoms with van der Waals surface area (Å²) >= 11 is 0. The number of carbonyl (C=O) groups is 3. The smallest absolute Gasteiger partial charge is 0.324 e. The number of amides is 3. The highest BCUT2D eigenvalue weighted by molar-refractivity contribution is 6.12. The zero-order chi connectivity index (χ0) is 14.8. The molecule has 2 N–H and O–H groups in total. The number of nitrogens with zero attached hydrogens (tertiary/aromatic N) is 1. The third kappa shape index (κ3) is 2.30. The van der Waals surface area contributed by atoms with E-state index in [1.807, 2.05) is 0 Å². The maximum absolute atomic E-state index is 14.1. The van der Waals surface area contributed by atoms with Crippen LogP contribution in [0.25, 0.3) is 0 Å². The molecule has 2 atom stereocenters. The highest BCUT2D eigenvalue weighted by atomic mass is 19.1. The molecule has 2 rings (SSSR count). The molecule has 106 valence electrons. The van der Waals surface area contributed by atoms with E-state index in [0.717, 1.165) is 6.21 Å². The number of alkyl halides is 1. The van der Waals surface area contributed by atoms with Gasteiger partial charge in [-0.25, -0.2) is 9.18 Å². The minimum atomic E-state index is -3.60. The van der Waals surface area contributed by atoms with Gasteiger partial charge in [-0.3, -0.25) is 15.4 Å². The molecule has 0 aromatic carbocycles. The first-order chi connectivity index (χ1) is 9.44. The van der Waals surface area contributed by atoms with Crippen molar-refractivity contribution < 1.29 is 33.1 Å². The van der Waals surface area contributed by atoms with Gasteiger partial charge in [0.1, 0.15) is 12.0 Å². The number of halogens is 1. The van der Waals surface area contributed by atoms with Crippen molar-refractivity contribution >= 4 is 24.1 Å². The van der Waals surface area contributed by atoms with Crippen LogP contribution in [0.5, 0.6) is 0 Å². The van der Waals surface area contributed by atoms with Crippen LogP contribution in [0.2, 0.25) is 0 Å². The first-order valence-corrected chi connectivity index (χ1v) is 5.19. The zero-order valence-electron chi connectivity index (χ0n) is 9.66. The molecule has 0 spiro atoms. The van der Waals surface area contributed by atoms with E-state index < -0.39 is 29.8 Å². The van der Waals surface area contributed by atoms with Gasteiger partial charge in [0.05, 0.1) is 12.2 Å². The van der Waals surface area contributed by atoms with Crippen molar-refractivity contribution in [2.75, 3.05) is 0 Å². The largest absolute Gasteiger partial charge is 0.546 e. The fourth-order valence-corrected chi connectivity index (χ4v) is 1.37. The second kappa shape index (κ2) is 4.99. The van der Waals surface area contributed by atoms with E-state index >= 15 is 0 Å². The maximum atomic E-state index is 14.1. The third-order valence-electron chi connectivity index (χ3n) is 2.37. The number of furan rings is 1. The van der Waals surface area contributed by atoms with E-state index in [4.69, 9.17) is 4.42 Å². The number of nitrogens with one attached hydrogen (secondary N) is 2. The molecule has 0 aliphatic carbocycles. The lowest BCUT2D eigenvalue weighted by Gasteiger charge is -2.34. The molecule has 2 heterocycles. The van der Waals surface area contributed by atoms with Crippen LogP contribution in [-0.4, -0.2) is 36.0 Å². The number of urea groups is 1. The number of hydrogen-bond donors (Lipinski definition) is 2. The predicted molar refractivity (Wildman–Crippen MR) is 56.7 cm³/mol. The summed E-state index contributed by atoms with van der Waals surface area (Å²) in [6.45, 7) is 0. The van der Waals surface area contributed by atoms with Crippen LogP contribution in [0.4, 0.5) is 9.18 Å². The summed E-state index contributed by atoms with van der Waals surface area (Å²) in [5, 5.41) is 17.2. The van der Waals surface area contributed by atoms with Crippen molar-refractivity contribution in [3.8, 4) is 0 Å². The SMILES string of the molecule is O=C1NC(=O)C(F)(C(=O)[O-])C(O/N=C/c2ccco2)N1. The molecule has 20 heavy (non-hydrogen) atoms. The molecule has 10 heteroatoms. The first-order valence-electron chi connectivity index (χ1n) is 5.19. The molecular formula is C10H7FN3O6-. The minimum Gasteiger partial charge on any atom is -0.546 e. The number of imide groups is 1. The monoisotopic (exact) mass is 284 g/mol. The normalized spacial score (nSPS) is 26.1. The number of carbonyl (C=O) groups excluding carboxylic acids is 3. The maximum Gasteiger partial charge on any atom is 0.324 e. The van der Waals surface area contributed by atoms with Crippen LogP contribution >= 0.6 is 0 Å². The van der Waals surface area contributed by atoms with Crippen LogP contribution in [0.3, 0.4) is 0 Å². The Bertz CT molecular complexity index is 572. The lowest BCUT2D eigenvalue weighted by molar-refractivity contribution is -0.322. The Kier molecular flexibility index (Phi) is 3.37. The molecule has 0 saturated carbocycles. The minimum absolute atomic E-state index is 0.231. The van der Waals surface area contributed by atoms with Crippen LogP contribution in [0, 0.1) is 0 Å². The second-order valence-corrected chi connectivity index (χ2v) is 3.66. The van der Waals surface area contributed by atoms with Gasteiger partial charge in [0.2, 0.25) is 6.23 Å². The van der Waals surface area contributed by atoms with Crippen molar-refractivity contribution in [1.82, 2.24) is 10.6 Å². The highest BCUT2D eigenvalue weighted by Crippen LogP contribution is 2.20. The molecule has 2 unspecified atom stereocenters. The van der Waals surface area contributed by atoms with Crippen molar-refractivity contribution in [3.05, 3.63) is 24.2 Å². The summed E-state index contributed by atoms with van der Waals surface area (Å²) in [4.78, 5) is 37.5. The van der Waals surface area contributed by atoms with E-state index in [2.05, 4.69) is 9.99 Å². The van der Waals surface area contributed by atoms with Gasteiger partial charge >= 0.3 is 6.03 Å². The van der Waals surface area contributed by atoms with Crippen LogP contribution in [-0.2, 0) is 14.4 Å². The van der Waals surface area contributed by atoms with Crippen molar-refractivity contribution in [1.29, 1.82) is 0 Å². The predicted octanol–water partition coefficient (Wildman–Crippen LogP) is -1.75. The number of carboxylic acids is 1. The van der Waals surface area contributed by atoms with Gasteiger partial charge in [0.15, 0.2) is 0 Å². The Morgan fingerprint density at radius 1 is 1.60 bits per heavy atom. The van der Waals surface area contributed by atoms with Gasteiger partial charge < -0.3 is 19.2 Å². The molecule has 1 aliphatic heterocycles. The topological polar surface area (TPSA) is 133 Å². The van der Waals surface area contributed by atoms with Gasteiger partial charge in [-0.1, -0.05) is 5.16 Å². The zero-order valence-corrected chi connectivity index (χ0v) is 9.66. The Balaban J connectivity index is 2.15. The van der Waals surface area contributed by atoms with Crippen molar-refractivity contribution in [2.45, 2.75) is 11.9 Å². The van der Waals surface area contributed by atoms with E-state index in [1.165, 1.54) is 23.7 Å². The van der Waals surface area contributed by atoms with E-state index in [1.54, 1.807) is 5.32 Å². The molecule has 1 saturated heterocycles. The molecule has 1 aliphatic rings. The number of rotatable bonds is 4. The second-order valence-electron chi connectivity index (χ2n) is 3.66. The van der Waals surface area contributed by atoms with Gasteiger partial charge in [0, 0.05) is 0 Å². The van der Waals surface area contributed by atoms with E-state index in [0.29, 0.717) is 0 Å². The lowest BCUT2D eigenvalue weighted by Crippen LogP contribution is -2.72. The number of aliphatic carboxylic acids is 1. The molecule has 0 bridgehead atoms. The highest BCUT2D eigenvalue weighted by Gasteiger charge is 2.55. The summed E-state index contributed by atoms with van der Waals surface area (Å²) in [6.07, 6.45) is 0.159. The quantitative estimate of drug-likeness (QED) is 0.383. The Labute approximate surface area is 110 Å². The van der Waals surface area contributed by atoms with E-state index in [9.17, 15) is 23.9 Å². The van der Waals surface area contributed by atoms with Gasteiger partial charge in [-0.2, -0.15) is 0 Å². The molecule has 3 amide bonds. The summed E-state index contributed by atoms with van der Waals surface area (Å²) in [5.41, 5.74) is -3.60. The Morgan fingerprint density at radius 3 is 2.95 bits per heavy atom. The summed E-state index contributed by atoms with van der Waals surface area (Å²) in [7, 11) is 0. The van der Waals surface area contributed by atoms with Crippen LogP contribution in [0.15, 0.2) is 28.0 Å². The summed E-state index contributed by atoms with van der Waals surface area (Å²) in [5.74, 6) is -3.85. The Morgan fingerprint density at radius 2 is 2.35 bits per heavy atom. The van der Waals surface area contributed by atoms with Crippen molar-refractivity contribution in [3.63, 3.8) is 0 Å². The fraction of sp³-hybridized carbons (Fsp3) is 0.200. The lowest BCUT2D eigenvalue weighted by atomic mass is 10.0. The number of hydrogen-bond acceptors (Lipinski definition) is 7. The molecule has 9 nitrogen and oxygen atoms in total. The van der Waals surface area contributed by atoms with Gasteiger partial charge in [0.25, 0.3) is 11.6 Å². The number of carboxylic acid groups (broad SMARTS) is 1. The molecule has 1 aromatic rings. The van der Waals surface area contributed by atoms with Crippen molar-refractivity contribution in [2.24, 2.45) is 5.16 Å².